The molecule has 1 aromatic rings. The van der Waals surface area contributed by atoms with Crippen molar-refractivity contribution >= 4 is 56.0 Å². The molecule has 0 bridgehead atoms. The number of nitrogens with zero attached hydrogens (tertiary/aromatic N) is 2. The van der Waals surface area contributed by atoms with Gasteiger partial charge in [0.1, 0.15) is 5.03 Å². The van der Waals surface area contributed by atoms with E-state index in [1.165, 1.54) is 10.8 Å². The third-order valence-electron chi connectivity index (χ3n) is 4.06. The number of rotatable bonds is 13. The molecule has 1 unspecified atom stereocenters. The number of carbonyl (C=O) groups is 4. The SMILES string of the molecule is O=C(CCSSc1ccccn1)NCCCCCC(=O)ON1C(=O)CC([S-](=O)=O)C1=O.[Na+].[OH3+]. The van der Waals surface area contributed by atoms with E-state index in [2.05, 4.69) is 10.3 Å². The van der Waals surface area contributed by atoms with Crippen molar-refractivity contribution in [3.05, 3.63) is 24.4 Å². The van der Waals surface area contributed by atoms with Gasteiger partial charge in [0.05, 0.1) is 0 Å². The third kappa shape index (κ3) is 11.7. The van der Waals surface area contributed by atoms with Gasteiger partial charge in [0.2, 0.25) is 5.91 Å². The second-order valence-electron chi connectivity index (χ2n) is 6.43. The van der Waals surface area contributed by atoms with Gasteiger partial charge in [-0.2, -0.15) is 0 Å². The van der Waals surface area contributed by atoms with Gasteiger partial charge < -0.3 is 24.0 Å². The second kappa shape index (κ2) is 17.3. The number of hydrogen-bond acceptors (Lipinski definition) is 11. The van der Waals surface area contributed by atoms with Crippen LogP contribution in [0.15, 0.2) is 29.4 Å². The fourth-order valence-corrected chi connectivity index (χ4v) is 4.90. The second-order valence-corrected chi connectivity index (χ2v) is 9.95. The number of amides is 3. The number of hydroxylamine groups is 2. The van der Waals surface area contributed by atoms with Crippen LogP contribution in [0.1, 0.15) is 38.5 Å². The molecule has 4 N–H and O–H groups in total. The Labute approximate surface area is 223 Å². The standard InChI is InChI=1S/C18H22N3O7S3.Na.H2O/c22-14(8-11-29-30-15-6-3-5-10-20-15)19-9-4-1-2-7-17(24)28-21-16(23)12-13(18(21)25)31(26)27;;/h3,5-6,10,13H,1-2,4,7-9,11-12H2,(H,19,22);;1H2/q-1;+1;/p+1. The molecule has 1 saturated heterocycles. The van der Waals surface area contributed by atoms with Crippen molar-refractivity contribution in [2.24, 2.45) is 0 Å². The zero-order valence-electron chi connectivity index (χ0n) is 18.1. The summed E-state index contributed by atoms with van der Waals surface area (Å²) in [6.45, 7) is 0.478. The van der Waals surface area contributed by atoms with Gasteiger partial charge in [0.15, 0.2) is 0 Å². The smallest absolute Gasteiger partial charge is 0.457 e. The van der Waals surface area contributed by atoms with Crippen LogP contribution in [0.3, 0.4) is 0 Å². The van der Waals surface area contributed by atoms with Crippen LogP contribution in [-0.2, 0) is 48.6 Å². The summed E-state index contributed by atoms with van der Waals surface area (Å²) < 4.78 is 21.7. The molecule has 0 aliphatic carbocycles. The number of imide groups is 1. The summed E-state index contributed by atoms with van der Waals surface area (Å²) in [6, 6.07) is 5.65. The minimum Gasteiger partial charge on any atom is -0.457 e. The van der Waals surface area contributed by atoms with Gasteiger partial charge in [0, 0.05) is 43.0 Å². The zero-order valence-corrected chi connectivity index (χ0v) is 22.5. The topological polar surface area (TPSA) is 173 Å². The number of pyridine rings is 1. The first-order valence-electron chi connectivity index (χ1n) is 9.51. The number of unbranched alkanes of at least 4 members (excludes halogenated alkanes) is 2. The van der Waals surface area contributed by atoms with E-state index in [1.807, 2.05) is 18.2 Å². The van der Waals surface area contributed by atoms with Crippen LogP contribution in [0.4, 0.5) is 0 Å². The van der Waals surface area contributed by atoms with Gasteiger partial charge in [-0.1, -0.05) is 34.0 Å². The van der Waals surface area contributed by atoms with Crippen molar-refractivity contribution in [1.29, 1.82) is 0 Å². The van der Waals surface area contributed by atoms with Crippen LogP contribution >= 0.6 is 21.6 Å². The predicted molar refractivity (Wildman–Crippen MR) is 119 cm³/mol. The van der Waals surface area contributed by atoms with Crippen molar-refractivity contribution < 1.29 is 67.5 Å². The van der Waals surface area contributed by atoms with Crippen molar-refractivity contribution in [2.45, 2.75) is 48.8 Å². The van der Waals surface area contributed by atoms with Crippen molar-refractivity contribution in [3.63, 3.8) is 0 Å². The number of carbonyl (C=O) groups excluding carboxylic acids is 4. The molecule has 2 heterocycles. The van der Waals surface area contributed by atoms with Crippen LogP contribution in [0.25, 0.3) is 0 Å². The Morgan fingerprint density at radius 2 is 1.94 bits per heavy atom. The Morgan fingerprint density at radius 3 is 2.58 bits per heavy atom. The van der Waals surface area contributed by atoms with E-state index in [0.29, 0.717) is 38.0 Å². The maximum Gasteiger partial charge on any atom is 1.00 e. The molecule has 3 amide bonds. The van der Waals surface area contributed by atoms with Gasteiger partial charge in [-0.25, -0.2) is 9.78 Å². The molecule has 11 nitrogen and oxygen atoms in total. The minimum absolute atomic E-state index is 0. The normalized spacial score (nSPS) is 15.1. The first kappa shape index (κ1) is 31.8. The summed E-state index contributed by atoms with van der Waals surface area (Å²) in [5.41, 5.74) is 0. The van der Waals surface area contributed by atoms with Gasteiger partial charge in [0.25, 0.3) is 11.8 Å². The zero-order chi connectivity index (χ0) is 22.6. The van der Waals surface area contributed by atoms with E-state index in [-0.39, 0.29) is 52.4 Å². The van der Waals surface area contributed by atoms with Crippen molar-refractivity contribution in [3.8, 4) is 0 Å². The van der Waals surface area contributed by atoms with Crippen LogP contribution in [-0.4, -0.2) is 51.3 Å². The first-order chi connectivity index (χ1) is 14.9. The van der Waals surface area contributed by atoms with Crippen molar-refractivity contribution in [2.75, 3.05) is 12.3 Å². The molecule has 1 atom stereocenters. The van der Waals surface area contributed by atoms with Crippen LogP contribution in [0.5, 0.6) is 0 Å². The van der Waals surface area contributed by atoms with Crippen LogP contribution < -0.4 is 34.9 Å². The summed E-state index contributed by atoms with van der Waals surface area (Å²) in [6.07, 6.45) is 3.29. The molecule has 1 aliphatic rings. The summed E-state index contributed by atoms with van der Waals surface area (Å²) >= 11 is 0. The Hall–Kier alpha value is -1.16. The third-order valence-corrected chi connectivity index (χ3v) is 7.16. The molecule has 1 aromatic heterocycles. The average Bonchev–Trinajstić information content (AvgIpc) is 3.03. The van der Waals surface area contributed by atoms with E-state index in [4.69, 9.17) is 4.84 Å². The molecule has 2 rings (SSSR count). The summed E-state index contributed by atoms with van der Waals surface area (Å²) in [5.74, 6) is -2.08. The molecule has 0 radical (unpaired) electrons. The molecular weight excluding hydrogens is 505 g/mol. The number of nitrogens with one attached hydrogen (secondary N) is 1. The Bertz CT molecular complexity index is 865. The summed E-state index contributed by atoms with van der Waals surface area (Å²) in [7, 11) is 0.329. The minimum atomic E-state index is -2.75. The molecule has 1 fully saturated rings. The molecule has 0 aromatic carbocycles. The summed E-state index contributed by atoms with van der Waals surface area (Å²) in [5, 5.41) is 2.43. The number of hydrogen-bond donors (Lipinski definition) is 1. The van der Waals surface area contributed by atoms with Crippen LogP contribution in [0, 0.1) is 0 Å². The molecule has 178 valence electrons. The monoisotopic (exact) mass is 530 g/mol. The van der Waals surface area contributed by atoms with E-state index < -0.39 is 40.2 Å². The van der Waals surface area contributed by atoms with Gasteiger partial charge in [-0.3, -0.25) is 14.4 Å². The van der Waals surface area contributed by atoms with Crippen LogP contribution in [0.2, 0.25) is 0 Å². The average molecular weight is 531 g/mol. The maximum atomic E-state index is 11.8. The molecular formula is C18H25N3NaO8S3+. The fraction of sp³-hybridized carbons (Fsp3) is 0.500. The number of aromatic nitrogens is 1. The van der Waals surface area contributed by atoms with E-state index in [9.17, 15) is 27.6 Å². The first-order valence-corrected chi connectivity index (χ1v) is 13.0. The van der Waals surface area contributed by atoms with E-state index in [0.717, 1.165) is 5.03 Å². The van der Waals surface area contributed by atoms with Gasteiger partial charge in [-0.15, -0.1) is 5.06 Å². The Balaban J connectivity index is 0.00000512. The maximum absolute atomic E-state index is 11.8. The molecule has 1 aliphatic heterocycles. The molecule has 0 saturated carbocycles. The van der Waals surface area contributed by atoms with Gasteiger partial charge >= 0.3 is 35.5 Å². The van der Waals surface area contributed by atoms with E-state index in [1.54, 1.807) is 17.0 Å². The Morgan fingerprint density at radius 1 is 1.18 bits per heavy atom. The fourth-order valence-electron chi connectivity index (χ4n) is 2.50. The quantitative estimate of drug-likeness (QED) is 0.0741. The van der Waals surface area contributed by atoms with Gasteiger partial charge in [-0.05, 0) is 35.8 Å². The molecule has 33 heavy (non-hydrogen) atoms. The van der Waals surface area contributed by atoms with Crippen molar-refractivity contribution in [1.82, 2.24) is 15.4 Å². The Kier molecular flexibility index (Phi) is 16.7. The molecule has 0 spiro atoms. The largest absolute Gasteiger partial charge is 1.00 e. The summed E-state index contributed by atoms with van der Waals surface area (Å²) in [4.78, 5) is 55.7. The predicted octanol–water partition coefficient (Wildman–Crippen LogP) is -2.13. The van der Waals surface area contributed by atoms with E-state index >= 15 is 0 Å². The molecule has 15 heteroatoms.